The zero-order valence-electron chi connectivity index (χ0n) is 47.5. The molecule has 0 amide bonds. The molecule has 0 aliphatic heterocycles. The summed E-state index contributed by atoms with van der Waals surface area (Å²) in [5.41, 5.74) is 23.4. The van der Waals surface area contributed by atoms with E-state index in [-0.39, 0.29) is 0 Å². The largest absolute Gasteiger partial charge is 0.310 e. The first kappa shape index (κ1) is 51.7. The third-order valence-corrected chi connectivity index (χ3v) is 16.9. The van der Waals surface area contributed by atoms with Gasteiger partial charge in [0.15, 0.2) is 0 Å². The van der Waals surface area contributed by atoms with Crippen LogP contribution in [0.15, 0.2) is 340 Å². The van der Waals surface area contributed by atoms with E-state index in [0.717, 1.165) is 81.1 Å². The first-order valence-electron chi connectivity index (χ1n) is 29.7. The second-order valence-electron chi connectivity index (χ2n) is 22.1. The minimum Gasteiger partial charge on any atom is -0.310 e. The lowest BCUT2D eigenvalue weighted by atomic mass is 9.85. The standard InChI is InChI=1S/C82H60N4/c1-5-21-69(22-6-1)83(77-49-39-59-17-13-15-19-65(59)55-77)73-41-31-61(32-42-73)63-35-45-75(46-36-63)85(71-25-9-3-10-26-71)79-51-53-81-67(57-79)29-30-68-58-80(52-54-82(68)81)86(72-27-11-4-12-28-72)76-47-37-64(38-48-76)62-33-43-74(44-34-62)84(70-23-7-2-8-24-70)78-50-40-60-18-14-16-20-66(60)56-78/h1-28,31-58H,29-30H2. The highest BCUT2D eigenvalue weighted by Crippen LogP contribution is 2.45. The summed E-state index contributed by atoms with van der Waals surface area (Å²) in [5, 5.41) is 4.90. The Morgan fingerprint density at radius 1 is 0.163 bits per heavy atom. The van der Waals surface area contributed by atoms with Crippen LogP contribution in [-0.2, 0) is 12.8 Å². The number of nitrogens with zero attached hydrogens (tertiary/aromatic N) is 4. The quantitative estimate of drug-likeness (QED) is 0.108. The summed E-state index contributed by atoms with van der Waals surface area (Å²) in [6.45, 7) is 0. The van der Waals surface area contributed by atoms with Crippen LogP contribution in [0.2, 0.25) is 0 Å². The highest BCUT2D eigenvalue weighted by Gasteiger charge is 2.23. The minimum absolute atomic E-state index is 0.948. The molecular formula is C82H60N4. The average Bonchev–Trinajstić information content (AvgIpc) is 1.65. The van der Waals surface area contributed by atoms with Crippen LogP contribution in [0, 0.1) is 0 Å². The molecule has 14 aromatic rings. The van der Waals surface area contributed by atoms with Crippen molar-refractivity contribution in [3.05, 3.63) is 351 Å². The molecule has 0 radical (unpaired) electrons. The van der Waals surface area contributed by atoms with Gasteiger partial charge in [0.2, 0.25) is 0 Å². The molecular weight excluding hydrogens is 1040 g/mol. The zero-order chi connectivity index (χ0) is 57.2. The summed E-state index contributed by atoms with van der Waals surface area (Å²) >= 11 is 0. The van der Waals surface area contributed by atoms with Crippen LogP contribution >= 0.6 is 0 Å². The topological polar surface area (TPSA) is 13.0 Å². The van der Waals surface area contributed by atoms with E-state index in [1.54, 1.807) is 0 Å². The van der Waals surface area contributed by atoms with Crippen LogP contribution in [-0.4, -0.2) is 0 Å². The Morgan fingerprint density at radius 2 is 0.384 bits per heavy atom. The number of anilines is 12. The van der Waals surface area contributed by atoms with Crippen molar-refractivity contribution >= 4 is 89.8 Å². The summed E-state index contributed by atoms with van der Waals surface area (Å²) in [4.78, 5) is 9.44. The van der Waals surface area contributed by atoms with Crippen molar-refractivity contribution in [2.45, 2.75) is 12.8 Å². The van der Waals surface area contributed by atoms with Crippen LogP contribution in [0.5, 0.6) is 0 Å². The van der Waals surface area contributed by atoms with Crippen LogP contribution in [0.1, 0.15) is 11.1 Å². The van der Waals surface area contributed by atoms with E-state index >= 15 is 0 Å². The van der Waals surface area contributed by atoms with E-state index in [1.807, 2.05) is 0 Å². The van der Waals surface area contributed by atoms with Gasteiger partial charge in [0.05, 0.1) is 0 Å². The first-order chi connectivity index (χ1) is 42.6. The van der Waals surface area contributed by atoms with Crippen LogP contribution in [0.3, 0.4) is 0 Å². The van der Waals surface area contributed by atoms with Crippen molar-refractivity contribution in [2.24, 2.45) is 0 Å². The van der Waals surface area contributed by atoms with Gasteiger partial charge >= 0.3 is 0 Å². The molecule has 4 heteroatoms. The molecule has 86 heavy (non-hydrogen) atoms. The van der Waals surface area contributed by atoms with Crippen molar-refractivity contribution in [1.82, 2.24) is 0 Å². The molecule has 0 N–H and O–H groups in total. The van der Waals surface area contributed by atoms with E-state index < -0.39 is 0 Å². The van der Waals surface area contributed by atoms with Gasteiger partial charge < -0.3 is 19.6 Å². The van der Waals surface area contributed by atoms with E-state index in [4.69, 9.17) is 0 Å². The maximum absolute atomic E-state index is 2.41. The number of benzene rings is 14. The Balaban J connectivity index is 0.688. The number of para-hydroxylation sites is 4. The van der Waals surface area contributed by atoms with Gasteiger partial charge in [0.25, 0.3) is 0 Å². The molecule has 0 bridgehead atoms. The molecule has 15 rings (SSSR count). The van der Waals surface area contributed by atoms with Gasteiger partial charge in [-0.2, -0.15) is 0 Å². The van der Waals surface area contributed by atoms with Gasteiger partial charge in [0, 0.05) is 68.2 Å². The Labute approximate surface area is 503 Å². The summed E-state index contributed by atoms with van der Waals surface area (Å²) in [5.74, 6) is 0. The summed E-state index contributed by atoms with van der Waals surface area (Å²) in [7, 11) is 0. The third-order valence-electron chi connectivity index (χ3n) is 16.9. The lowest BCUT2D eigenvalue weighted by Gasteiger charge is -2.29. The van der Waals surface area contributed by atoms with Gasteiger partial charge in [-0.15, -0.1) is 0 Å². The third kappa shape index (κ3) is 10.2. The minimum atomic E-state index is 0.948. The van der Waals surface area contributed by atoms with Crippen molar-refractivity contribution in [1.29, 1.82) is 0 Å². The molecule has 0 saturated heterocycles. The number of hydrogen-bond acceptors (Lipinski definition) is 4. The second kappa shape index (κ2) is 22.9. The molecule has 1 aliphatic carbocycles. The molecule has 0 aromatic heterocycles. The predicted molar refractivity (Wildman–Crippen MR) is 364 cm³/mol. The fraction of sp³-hybridized carbons (Fsp3) is 0.0244. The van der Waals surface area contributed by atoms with E-state index in [9.17, 15) is 0 Å². The van der Waals surface area contributed by atoms with E-state index in [0.29, 0.717) is 0 Å². The Kier molecular flexibility index (Phi) is 13.7. The highest BCUT2D eigenvalue weighted by atomic mass is 15.2. The fourth-order valence-electron chi connectivity index (χ4n) is 12.6. The van der Waals surface area contributed by atoms with Crippen LogP contribution in [0.25, 0.3) is 54.9 Å². The Hall–Kier alpha value is -11.2. The molecule has 0 fully saturated rings. The van der Waals surface area contributed by atoms with Crippen molar-refractivity contribution in [3.8, 4) is 33.4 Å². The maximum Gasteiger partial charge on any atom is 0.0468 e. The van der Waals surface area contributed by atoms with E-state index in [1.165, 1.54) is 66.1 Å². The van der Waals surface area contributed by atoms with Crippen molar-refractivity contribution < 1.29 is 0 Å². The monoisotopic (exact) mass is 1100 g/mol. The van der Waals surface area contributed by atoms with Gasteiger partial charge in [-0.05, 0) is 224 Å². The molecule has 0 spiro atoms. The van der Waals surface area contributed by atoms with Gasteiger partial charge in [-0.1, -0.05) is 194 Å². The summed E-state index contributed by atoms with van der Waals surface area (Å²) in [6.07, 6.45) is 1.90. The smallest absolute Gasteiger partial charge is 0.0468 e. The Bertz CT molecular complexity index is 4360. The van der Waals surface area contributed by atoms with Crippen molar-refractivity contribution in [3.63, 3.8) is 0 Å². The zero-order valence-corrected chi connectivity index (χ0v) is 47.5. The normalized spacial score (nSPS) is 11.6. The number of fused-ring (bicyclic) bond motifs is 5. The SMILES string of the molecule is c1ccc(N(c2ccc(-c3ccc(N(c4ccccc4)c4ccc5ccccc5c4)cc3)cc2)c2ccc3c(c2)CCc2cc(N(c4ccccc4)c4ccc(-c5ccc(N(c6ccccc6)c6ccc7ccccc7c6)cc5)cc4)ccc2-3)cc1. The summed E-state index contributed by atoms with van der Waals surface area (Å²) < 4.78 is 0. The Morgan fingerprint density at radius 3 is 0.674 bits per heavy atom. The number of rotatable bonds is 14. The summed E-state index contributed by atoms with van der Waals surface area (Å²) in [6, 6.07) is 123. The van der Waals surface area contributed by atoms with Gasteiger partial charge in [0.1, 0.15) is 0 Å². The van der Waals surface area contributed by atoms with Crippen molar-refractivity contribution in [2.75, 3.05) is 19.6 Å². The molecule has 0 unspecified atom stereocenters. The van der Waals surface area contributed by atoms with E-state index in [2.05, 4.69) is 359 Å². The predicted octanol–water partition coefficient (Wildman–Crippen LogP) is 23.0. The highest BCUT2D eigenvalue weighted by molar-refractivity contribution is 5.92. The second-order valence-corrected chi connectivity index (χ2v) is 22.1. The fourth-order valence-corrected chi connectivity index (χ4v) is 12.6. The first-order valence-corrected chi connectivity index (χ1v) is 29.7. The van der Waals surface area contributed by atoms with Gasteiger partial charge in [-0.25, -0.2) is 0 Å². The number of aryl methyl sites for hydroxylation is 2. The molecule has 1 aliphatic rings. The van der Waals surface area contributed by atoms with Crippen LogP contribution in [0.4, 0.5) is 68.2 Å². The molecule has 408 valence electrons. The maximum atomic E-state index is 2.41. The van der Waals surface area contributed by atoms with Gasteiger partial charge in [-0.3, -0.25) is 0 Å². The molecule has 0 atom stereocenters. The molecule has 14 aromatic carbocycles. The molecule has 0 heterocycles. The lowest BCUT2D eigenvalue weighted by Crippen LogP contribution is -2.13. The molecule has 4 nitrogen and oxygen atoms in total. The lowest BCUT2D eigenvalue weighted by molar-refractivity contribution is 0.940. The molecule has 0 saturated carbocycles. The average molecular weight is 1100 g/mol. The number of hydrogen-bond donors (Lipinski definition) is 0. The van der Waals surface area contributed by atoms with Crippen LogP contribution < -0.4 is 19.6 Å².